The van der Waals surface area contributed by atoms with E-state index in [1.165, 1.54) is 0 Å². The first-order chi connectivity index (χ1) is 10.6. The minimum atomic E-state index is -0.234. The molecule has 0 saturated heterocycles. The average molecular weight is 292 g/mol. The summed E-state index contributed by atoms with van der Waals surface area (Å²) >= 11 is 0. The number of carbonyl (C=O) groups excluding carboxylic acids is 1. The summed E-state index contributed by atoms with van der Waals surface area (Å²) in [5.41, 5.74) is 3.27. The molecule has 3 rings (SSSR count). The number of benzene rings is 1. The van der Waals surface area contributed by atoms with Gasteiger partial charge in [0.2, 0.25) is 0 Å². The molecule has 0 unspecified atom stereocenters. The Kier molecular flexibility index (Phi) is 3.70. The number of carbonyl (C=O) groups is 1. The number of rotatable bonds is 3. The molecular formula is C17H16N4O. The Labute approximate surface area is 128 Å². The van der Waals surface area contributed by atoms with Crippen LogP contribution < -0.4 is 5.32 Å². The molecule has 0 bridgehead atoms. The number of aryl methyl sites for hydroxylation is 2. The van der Waals surface area contributed by atoms with Crippen molar-refractivity contribution in [2.45, 2.75) is 13.8 Å². The molecule has 1 N–H and O–H groups in total. The molecule has 1 aromatic carbocycles. The van der Waals surface area contributed by atoms with Gasteiger partial charge >= 0.3 is 0 Å². The van der Waals surface area contributed by atoms with E-state index in [0.717, 1.165) is 16.8 Å². The van der Waals surface area contributed by atoms with Gasteiger partial charge in [0.05, 0.1) is 0 Å². The Morgan fingerprint density at radius 3 is 2.77 bits per heavy atom. The van der Waals surface area contributed by atoms with Crippen LogP contribution in [-0.4, -0.2) is 20.7 Å². The molecule has 0 aliphatic heterocycles. The SMILES string of the molecule is Cc1ccc(C)c(NC(=O)c2cccc(-n3cccn3)n2)c1. The average Bonchev–Trinajstić information content (AvgIpc) is 3.05. The van der Waals surface area contributed by atoms with E-state index < -0.39 is 0 Å². The van der Waals surface area contributed by atoms with Crippen LogP contribution in [0, 0.1) is 13.8 Å². The van der Waals surface area contributed by atoms with E-state index in [0.29, 0.717) is 11.5 Å². The normalized spacial score (nSPS) is 10.5. The highest BCUT2D eigenvalue weighted by atomic mass is 16.1. The number of anilines is 1. The summed E-state index contributed by atoms with van der Waals surface area (Å²) in [5.74, 6) is 0.376. The van der Waals surface area contributed by atoms with E-state index in [1.54, 1.807) is 29.2 Å². The summed E-state index contributed by atoms with van der Waals surface area (Å²) in [6.07, 6.45) is 3.46. The van der Waals surface area contributed by atoms with Gasteiger partial charge in [0.15, 0.2) is 5.82 Å². The summed E-state index contributed by atoms with van der Waals surface area (Å²) in [6, 6.07) is 13.0. The van der Waals surface area contributed by atoms with Gasteiger partial charge in [-0.15, -0.1) is 0 Å². The van der Waals surface area contributed by atoms with E-state index in [9.17, 15) is 4.79 Å². The lowest BCUT2D eigenvalue weighted by atomic mass is 10.1. The van der Waals surface area contributed by atoms with Crippen molar-refractivity contribution in [1.82, 2.24) is 14.8 Å². The Hall–Kier alpha value is -2.95. The van der Waals surface area contributed by atoms with Gasteiger partial charge in [0, 0.05) is 18.1 Å². The molecule has 3 aromatic rings. The lowest BCUT2D eigenvalue weighted by Crippen LogP contribution is -2.15. The molecule has 0 saturated carbocycles. The van der Waals surface area contributed by atoms with Crippen molar-refractivity contribution in [1.29, 1.82) is 0 Å². The van der Waals surface area contributed by atoms with Crippen molar-refractivity contribution < 1.29 is 4.79 Å². The monoisotopic (exact) mass is 292 g/mol. The van der Waals surface area contributed by atoms with Crippen LogP contribution in [0.1, 0.15) is 21.6 Å². The van der Waals surface area contributed by atoms with Gasteiger partial charge in [-0.3, -0.25) is 4.79 Å². The smallest absolute Gasteiger partial charge is 0.274 e. The van der Waals surface area contributed by atoms with Gasteiger partial charge in [-0.2, -0.15) is 5.10 Å². The highest BCUT2D eigenvalue weighted by Crippen LogP contribution is 2.17. The third-order valence-corrected chi connectivity index (χ3v) is 3.35. The summed E-state index contributed by atoms with van der Waals surface area (Å²) < 4.78 is 1.62. The molecule has 5 nitrogen and oxygen atoms in total. The van der Waals surface area contributed by atoms with Crippen molar-refractivity contribution in [2.24, 2.45) is 0 Å². The van der Waals surface area contributed by atoms with Gasteiger partial charge in [-0.1, -0.05) is 18.2 Å². The fourth-order valence-corrected chi connectivity index (χ4v) is 2.14. The number of amides is 1. The maximum absolute atomic E-state index is 12.4. The Balaban J connectivity index is 1.86. The molecule has 0 fully saturated rings. The number of nitrogens with one attached hydrogen (secondary N) is 1. The van der Waals surface area contributed by atoms with Crippen LogP contribution in [0.3, 0.4) is 0 Å². The van der Waals surface area contributed by atoms with Crippen LogP contribution in [0.4, 0.5) is 5.69 Å². The number of hydrogen-bond donors (Lipinski definition) is 1. The standard InChI is InChI=1S/C17H16N4O/c1-12-7-8-13(2)15(11-12)20-17(22)14-5-3-6-16(19-14)21-10-4-9-18-21/h3-11H,1-2H3,(H,20,22). The van der Waals surface area contributed by atoms with Gasteiger partial charge < -0.3 is 5.32 Å². The zero-order valence-electron chi connectivity index (χ0n) is 12.4. The molecular weight excluding hydrogens is 276 g/mol. The second-order valence-electron chi connectivity index (χ2n) is 5.10. The van der Waals surface area contributed by atoms with Gasteiger partial charge in [-0.05, 0) is 49.2 Å². The second-order valence-corrected chi connectivity index (χ2v) is 5.10. The maximum atomic E-state index is 12.4. The zero-order valence-corrected chi connectivity index (χ0v) is 12.4. The van der Waals surface area contributed by atoms with Gasteiger partial charge in [0.25, 0.3) is 5.91 Å². The predicted molar refractivity (Wildman–Crippen MR) is 85.2 cm³/mol. The largest absolute Gasteiger partial charge is 0.320 e. The number of hydrogen-bond acceptors (Lipinski definition) is 3. The van der Waals surface area contributed by atoms with Crippen LogP contribution in [0.5, 0.6) is 0 Å². The predicted octanol–water partition coefficient (Wildman–Crippen LogP) is 3.14. The molecule has 2 aromatic heterocycles. The first-order valence-electron chi connectivity index (χ1n) is 6.99. The molecule has 0 radical (unpaired) electrons. The van der Waals surface area contributed by atoms with Crippen LogP contribution in [-0.2, 0) is 0 Å². The van der Waals surface area contributed by atoms with Crippen molar-refractivity contribution in [3.63, 3.8) is 0 Å². The molecule has 0 aliphatic rings. The fraction of sp³-hybridized carbons (Fsp3) is 0.118. The summed E-state index contributed by atoms with van der Waals surface area (Å²) in [5, 5.41) is 7.03. The van der Waals surface area contributed by atoms with Crippen LogP contribution in [0.2, 0.25) is 0 Å². The molecule has 0 aliphatic carbocycles. The van der Waals surface area contributed by atoms with Crippen molar-refractivity contribution in [3.8, 4) is 5.82 Å². The second kappa shape index (κ2) is 5.81. The fourth-order valence-electron chi connectivity index (χ4n) is 2.14. The van der Waals surface area contributed by atoms with E-state index in [-0.39, 0.29) is 5.91 Å². The molecule has 110 valence electrons. The first-order valence-corrected chi connectivity index (χ1v) is 6.99. The minimum Gasteiger partial charge on any atom is -0.320 e. The van der Waals surface area contributed by atoms with Gasteiger partial charge in [-0.25, -0.2) is 9.67 Å². The van der Waals surface area contributed by atoms with E-state index in [1.807, 2.05) is 44.2 Å². The molecule has 1 amide bonds. The van der Waals surface area contributed by atoms with Crippen molar-refractivity contribution in [2.75, 3.05) is 5.32 Å². The Morgan fingerprint density at radius 2 is 2.00 bits per heavy atom. The quantitative estimate of drug-likeness (QED) is 0.806. The Morgan fingerprint density at radius 1 is 1.14 bits per heavy atom. The van der Waals surface area contributed by atoms with Gasteiger partial charge in [0.1, 0.15) is 5.69 Å². The molecule has 5 heteroatoms. The zero-order chi connectivity index (χ0) is 15.5. The summed E-state index contributed by atoms with van der Waals surface area (Å²) in [4.78, 5) is 16.7. The van der Waals surface area contributed by atoms with E-state index >= 15 is 0 Å². The first kappa shape index (κ1) is 14.0. The highest BCUT2D eigenvalue weighted by molar-refractivity contribution is 6.03. The highest BCUT2D eigenvalue weighted by Gasteiger charge is 2.10. The van der Waals surface area contributed by atoms with E-state index in [2.05, 4.69) is 15.4 Å². The molecule has 2 heterocycles. The molecule has 0 spiro atoms. The third-order valence-electron chi connectivity index (χ3n) is 3.35. The van der Waals surface area contributed by atoms with E-state index in [4.69, 9.17) is 0 Å². The Bertz CT molecular complexity index is 809. The van der Waals surface area contributed by atoms with Crippen molar-refractivity contribution in [3.05, 3.63) is 71.7 Å². The minimum absolute atomic E-state index is 0.234. The molecule has 22 heavy (non-hydrogen) atoms. The summed E-state index contributed by atoms with van der Waals surface area (Å²) in [6.45, 7) is 3.95. The number of nitrogens with zero attached hydrogens (tertiary/aromatic N) is 3. The third kappa shape index (κ3) is 2.88. The van der Waals surface area contributed by atoms with Crippen molar-refractivity contribution >= 4 is 11.6 Å². The van der Waals surface area contributed by atoms with Crippen LogP contribution in [0.15, 0.2) is 54.9 Å². The van der Waals surface area contributed by atoms with Crippen LogP contribution >= 0.6 is 0 Å². The number of aromatic nitrogens is 3. The molecule has 0 atom stereocenters. The lowest BCUT2D eigenvalue weighted by Gasteiger charge is -2.09. The maximum Gasteiger partial charge on any atom is 0.274 e. The topological polar surface area (TPSA) is 59.8 Å². The summed E-state index contributed by atoms with van der Waals surface area (Å²) in [7, 11) is 0. The lowest BCUT2D eigenvalue weighted by molar-refractivity contribution is 0.102. The number of pyridine rings is 1. The van der Waals surface area contributed by atoms with Crippen LogP contribution in [0.25, 0.3) is 5.82 Å².